The standard InChI is InChI=1S/C16H19NO3/c1-13-11-17(10-6-5-9-15(13)18)16(19)20-12-14-7-3-2-4-8-14/h2-4,7-8H,1,5-6,9-12H2. The molecule has 0 unspecified atom stereocenters. The maximum Gasteiger partial charge on any atom is 0.410 e. The fourth-order valence-electron chi connectivity index (χ4n) is 2.13. The van der Waals surface area contributed by atoms with E-state index in [1.165, 1.54) is 0 Å². The van der Waals surface area contributed by atoms with Gasteiger partial charge in [0.25, 0.3) is 0 Å². The summed E-state index contributed by atoms with van der Waals surface area (Å²) in [5.74, 6) is 0.0468. The second-order valence-corrected chi connectivity index (χ2v) is 4.95. The average molecular weight is 273 g/mol. The van der Waals surface area contributed by atoms with Gasteiger partial charge in [-0.2, -0.15) is 0 Å². The van der Waals surface area contributed by atoms with E-state index in [-0.39, 0.29) is 25.0 Å². The van der Waals surface area contributed by atoms with Gasteiger partial charge in [-0.15, -0.1) is 0 Å². The molecule has 20 heavy (non-hydrogen) atoms. The summed E-state index contributed by atoms with van der Waals surface area (Å²) in [6, 6.07) is 9.53. The first-order valence-corrected chi connectivity index (χ1v) is 6.83. The van der Waals surface area contributed by atoms with Crippen molar-refractivity contribution in [3.63, 3.8) is 0 Å². The van der Waals surface area contributed by atoms with E-state index in [9.17, 15) is 9.59 Å². The van der Waals surface area contributed by atoms with Crippen LogP contribution in [0.3, 0.4) is 0 Å². The van der Waals surface area contributed by atoms with Crippen molar-refractivity contribution >= 4 is 11.9 Å². The highest BCUT2D eigenvalue weighted by molar-refractivity contribution is 5.95. The van der Waals surface area contributed by atoms with Crippen LogP contribution in [0.15, 0.2) is 42.5 Å². The topological polar surface area (TPSA) is 46.6 Å². The first-order chi connectivity index (χ1) is 9.66. The second kappa shape index (κ2) is 6.89. The number of benzene rings is 1. The Labute approximate surface area is 119 Å². The molecule has 1 aliphatic heterocycles. The zero-order chi connectivity index (χ0) is 14.4. The van der Waals surface area contributed by atoms with E-state index in [0.717, 1.165) is 18.4 Å². The molecule has 2 rings (SSSR count). The molecule has 0 saturated carbocycles. The molecule has 4 heteroatoms. The highest BCUT2D eigenvalue weighted by atomic mass is 16.6. The molecule has 1 saturated heterocycles. The summed E-state index contributed by atoms with van der Waals surface area (Å²) in [5.41, 5.74) is 1.43. The van der Waals surface area contributed by atoms with E-state index < -0.39 is 0 Å². The van der Waals surface area contributed by atoms with Gasteiger partial charge in [-0.25, -0.2) is 4.79 Å². The van der Waals surface area contributed by atoms with Crippen LogP contribution in [-0.4, -0.2) is 29.9 Å². The largest absolute Gasteiger partial charge is 0.445 e. The number of rotatable bonds is 2. The minimum Gasteiger partial charge on any atom is -0.445 e. The molecule has 1 fully saturated rings. The number of Topliss-reactive ketones (excluding diaryl/α,β-unsaturated/α-hetero) is 1. The van der Waals surface area contributed by atoms with Crippen LogP contribution < -0.4 is 0 Å². The summed E-state index contributed by atoms with van der Waals surface area (Å²) < 4.78 is 5.28. The van der Waals surface area contributed by atoms with Crippen molar-refractivity contribution in [1.82, 2.24) is 4.90 Å². The zero-order valence-corrected chi connectivity index (χ0v) is 11.5. The van der Waals surface area contributed by atoms with Gasteiger partial charge in [-0.1, -0.05) is 36.9 Å². The molecule has 1 aliphatic rings. The van der Waals surface area contributed by atoms with Gasteiger partial charge in [0, 0.05) is 18.5 Å². The summed E-state index contributed by atoms with van der Waals surface area (Å²) in [6.07, 6.45) is 1.76. The van der Waals surface area contributed by atoms with Gasteiger partial charge in [0.15, 0.2) is 5.78 Å². The van der Waals surface area contributed by atoms with Gasteiger partial charge < -0.3 is 9.64 Å². The molecule has 0 aliphatic carbocycles. The Morgan fingerprint density at radius 3 is 2.75 bits per heavy atom. The molecule has 1 amide bonds. The Hall–Kier alpha value is -2.10. The Morgan fingerprint density at radius 2 is 2.00 bits per heavy atom. The Morgan fingerprint density at radius 1 is 1.25 bits per heavy atom. The number of carbonyl (C=O) groups excluding carboxylic acids is 2. The third-order valence-electron chi connectivity index (χ3n) is 3.32. The third kappa shape index (κ3) is 3.95. The lowest BCUT2D eigenvalue weighted by molar-refractivity contribution is -0.116. The van der Waals surface area contributed by atoms with E-state index in [2.05, 4.69) is 6.58 Å². The van der Waals surface area contributed by atoms with Crippen molar-refractivity contribution in [2.75, 3.05) is 13.1 Å². The molecule has 0 spiro atoms. The lowest BCUT2D eigenvalue weighted by atomic mass is 10.0. The second-order valence-electron chi connectivity index (χ2n) is 4.95. The molecule has 0 aromatic heterocycles. The number of likely N-dealkylation sites (tertiary alicyclic amines) is 1. The molecular weight excluding hydrogens is 254 g/mol. The van der Waals surface area contributed by atoms with Crippen LogP contribution in [0.2, 0.25) is 0 Å². The van der Waals surface area contributed by atoms with Crippen LogP contribution >= 0.6 is 0 Å². The summed E-state index contributed by atoms with van der Waals surface area (Å²) in [5, 5.41) is 0. The molecule has 0 bridgehead atoms. The quantitative estimate of drug-likeness (QED) is 0.778. The van der Waals surface area contributed by atoms with Crippen molar-refractivity contribution in [3.05, 3.63) is 48.0 Å². The maximum atomic E-state index is 12.0. The predicted octanol–water partition coefficient (Wildman–Crippen LogP) is 2.93. The van der Waals surface area contributed by atoms with E-state index in [4.69, 9.17) is 4.74 Å². The maximum absolute atomic E-state index is 12.0. The van der Waals surface area contributed by atoms with E-state index in [0.29, 0.717) is 18.5 Å². The van der Waals surface area contributed by atoms with Crippen LogP contribution in [-0.2, 0) is 16.1 Å². The lowest BCUT2D eigenvalue weighted by Gasteiger charge is -2.24. The number of ether oxygens (including phenoxy) is 1. The number of hydrogen-bond acceptors (Lipinski definition) is 3. The van der Waals surface area contributed by atoms with Crippen molar-refractivity contribution in [1.29, 1.82) is 0 Å². The molecule has 106 valence electrons. The lowest BCUT2D eigenvalue weighted by Crippen LogP contribution is -2.36. The number of carbonyl (C=O) groups is 2. The number of amides is 1. The normalized spacial score (nSPS) is 16.5. The van der Waals surface area contributed by atoms with Crippen LogP contribution in [0.25, 0.3) is 0 Å². The van der Waals surface area contributed by atoms with Crippen LogP contribution in [0.4, 0.5) is 4.79 Å². The first kappa shape index (κ1) is 14.3. The van der Waals surface area contributed by atoms with Gasteiger partial charge in [-0.3, -0.25) is 4.79 Å². The number of hydrogen-bond donors (Lipinski definition) is 0. The Bertz CT molecular complexity index is 496. The van der Waals surface area contributed by atoms with Crippen molar-refractivity contribution in [3.8, 4) is 0 Å². The smallest absolute Gasteiger partial charge is 0.410 e. The highest BCUT2D eigenvalue weighted by Crippen LogP contribution is 2.13. The van der Waals surface area contributed by atoms with Crippen molar-refractivity contribution in [2.24, 2.45) is 0 Å². The summed E-state index contributed by atoms with van der Waals surface area (Å²) in [6.45, 7) is 4.88. The molecule has 0 N–H and O–H groups in total. The van der Waals surface area contributed by atoms with Crippen LogP contribution in [0.1, 0.15) is 24.8 Å². The molecule has 4 nitrogen and oxygen atoms in total. The van der Waals surface area contributed by atoms with Gasteiger partial charge in [-0.05, 0) is 18.4 Å². The summed E-state index contributed by atoms with van der Waals surface area (Å²) in [7, 11) is 0. The number of nitrogens with zero attached hydrogens (tertiary/aromatic N) is 1. The zero-order valence-electron chi connectivity index (χ0n) is 11.5. The van der Waals surface area contributed by atoms with Gasteiger partial charge in [0.2, 0.25) is 0 Å². The molecule has 0 atom stereocenters. The monoisotopic (exact) mass is 273 g/mol. The minimum atomic E-state index is -0.385. The molecule has 1 aromatic carbocycles. The fraction of sp³-hybridized carbons (Fsp3) is 0.375. The third-order valence-corrected chi connectivity index (χ3v) is 3.32. The SMILES string of the molecule is C=C1CN(C(=O)OCc2ccccc2)CCCCC1=O. The van der Waals surface area contributed by atoms with Crippen LogP contribution in [0.5, 0.6) is 0 Å². The van der Waals surface area contributed by atoms with Gasteiger partial charge in [0.1, 0.15) is 6.61 Å². The first-order valence-electron chi connectivity index (χ1n) is 6.83. The molecular formula is C16H19NO3. The summed E-state index contributed by atoms with van der Waals surface area (Å²) in [4.78, 5) is 25.2. The van der Waals surface area contributed by atoms with E-state index in [1.807, 2.05) is 30.3 Å². The van der Waals surface area contributed by atoms with E-state index >= 15 is 0 Å². The molecule has 0 radical (unpaired) electrons. The van der Waals surface area contributed by atoms with Crippen LogP contribution in [0, 0.1) is 0 Å². The molecule has 1 aromatic rings. The van der Waals surface area contributed by atoms with Gasteiger partial charge in [0.05, 0.1) is 6.54 Å². The van der Waals surface area contributed by atoms with Crippen molar-refractivity contribution in [2.45, 2.75) is 25.9 Å². The van der Waals surface area contributed by atoms with Gasteiger partial charge >= 0.3 is 6.09 Å². The Kier molecular flexibility index (Phi) is 4.93. The predicted molar refractivity (Wildman–Crippen MR) is 76.2 cm³/mol. The fourth-order valence-corrected chi connectivity index (χ4v) is 2.13. The van der Waals surface area contributed by atoms with Crippen molar-refractivity contribution < 1.29 is 14.3 Å². The number of ketones is 1. The highest BCUT2D eigenvalue weighted by Gasteiger charge is 2.21. The Balaban J connectivity index is 1.90. The average Bonchev–Trinajstić information content (AvgIpc) is 2.46. The minimum absolute atomic E-state index is 0.0468. The summed E-state index contributed by atoms with van der Waals surface area (Å²) >= 11 is 0. The molecule has 1 heterocycles. The van der Waals surface area contributed by atoms with E-state index in [1.54, 1.807) is 4.90 Å².